The Morgan fingerprint density at radius 3 is 2.45 bits per heavy atom. The van der Waals surface area contributed by atoms with Crippen LogP contribution >= 0.6 is 0 Å². The van der Waals surface area contributed by atoms with Crippen LogP contribution in [0.3, 0.4) is 0 Å². The first-order chi connectivity index (χ1) is 5.07. The van der Waals surface area contributed by atoms with Gasteiger partial charge in [0, 0.05) is 6.61 Å². The van der Waals surface area contributed by atoms with Gasteiger partial charge in [0.2, 0.25) is 0 Å². The molecule has 64 valence electrons. The zero-order valence-electron chi connectivity index (χ0n) is 7.17. The molecule has 0 aromatic heterocycles. The Morgan fingerprint density at radius 1 is 1.55 bits per heavy atom. The molecule has 0 radical (unpaired) electrons. The maximum Gasteiger partial charge on any atom is 0.0929 e. The molecule has 0 saturated carbocycles. The Kier molecular flexibility index (Phi) is 4.83. The first-order valence-corrected chi connectivity index (χ1v) is 3.69. The van der Waals surface area contributed by atoms with Gasteiger partial charge in [-0.1, -0.05) is 18.2 Å². The van der Waals surface area contributed by atoms with Crippen LogP contribution in [0, 0.1) is 0 Å². The van der Waals surface area contributed by atoms with Gasteiger partial charge in [0.25, 0.3) is 0 Å². The van der Waals surface area contributed by atoms with Gasteiger partial charge in [-0.3, -0.25) is 0 Å². The zero-order chi connectivity index (χ0) is 8.85. The lowest BCUT2D eigenvalue weighted by atomic mass is 10.1. The fourth-order valence-electron chi connectivity index (χ4n) is 0.671. The SMILES string of the molecule is C=C(C)C(O)C=C(C)CCO. The largest absolute Gasteiger partial charge is 0.396 e. The maximum atomic E-state index is 9.27. The van der Waals surface area contributed by atoms with Crippen LogP contribution in [-0.4, -0.2) is 22.9 Å². The number of rotatable bonds is 4. The number of hydrogen-bond donors (Lipinski definition) is 2. The molecule has 0 spiro atoms. The molecule has 2 nitrogen and oxygen atoms in total. The molecule has 0 saturated heterocycles. The van der Waals surface area contributed by atoms with E-state index in [1.54, 1.807) is 13.0 Å². The van der Waals surface area contributed by atoms with E-state index in [-0.39, 0.29) is 6.61 Å². The quantitative estimate of drug-likeness (QED) is 0.601. The first kappa shape index (κ1) is 10.4. The van der Waals surface area contributed by atoms with Crippen molar-refractivity contribution in [1.29, 1.82) is 0 Å². The lowest BCUT2D eigenvalue weighted by molar-refractivity contribution is 0.257. The lowest BCUT2D eigenvalue weighted by Gasteiger charge is -2.05. The number of aliphatic hydroxyl groups is 2. The third-order valence-corrected chi connectivity index (χ3v) is 1.45. The summed E-state index contributed by atoms with van der Waals surface area (Å²) in [6.45, 7) is 7.39. The summed E-state index contributed by atoms with van der Waals surface area (Å²) in [5.41, 5.74) is 1.71. The molecule has 0 aliphatic rings. The average molecular weight is 156 g/mol. The van der Waals surface area contributed by atoms with Gasteiger partial charge >= 0.3 is 0 Å². The van der Waals surface area contributed by atoms with E-state index in [2.05, 4.69) is 6.58 Å². The monoisotopic (exact) mass is 156 g/mol. The standard InChI is InChI=1S/C9H16O2/c1-7(2)9(11)6-8(3)4-5-10/h6,9-11H,1,4-5H2,2-3H3. The third-order valence-electron chi connectivity index (χ3n) is 1.45. The van der Waals surface area contributed by atoms with Crippen molar-refractivity contribution in [2.75, 3.05) is 6.61 Å². The number of hydrogen-bond acceptors (Lipinski definition) is 2. The molecule has 0 aliphatic heterocycles. The Hall–Kier alpha value is -0.600. The van der Waals surface area contributed by atoms with Crippen molar-refractivity contribution < 1.29 is 10.2 Å². The molecule has 0 aromatic carbocycles. The second-order valence-corrected chi connectivity index (χ2v) is 2.78. The molecule has 0 fully saturated rings. The van der Waals surface area contributed by atoms with Gasteiger partial charge in [-0.25, -0.2) is 0 Å². The Balaban J connectivity index is 3.96. The molecule has 0 aliphatic carbocycles. The topological polar surface area (TPSA) is 40.5 Å². The predicted molar refractivity (Wildman–Crippen MR) is 46.3 cm³/mol. The van der Waals surface area contributed by atoms with E-state index in [1.807, 2.05) is 6.92 Å². The van der Waals surface area contributed by atoms with Crippen molar-refractivity contribution in [3.63, 3.8) is 0 Å². The molecule has 0 aromatic rings. The van der Waals surface area contributed by atoms with E-state index in [1.165, 1.54) is 0 Å². The summed E-state index contributed by atoms with van der Waals surface area (Å²) >= 11 is 0. The smallest absolute Gasteiger partial charge is 0.0929 e. The fraction of sp³-hybridized carbons (Fsp3) is 0.556. The van der Waals surface area contributed by atoms with Gasteiger partial charge in [0.15, 0.2) is 0 Å². The fourth-order valence-corrected chi connectivity index (χ4v) is 0.671. The molecular weight excluding hydrogens is 140 g/mol. The minimum Gasteiger partial charge on any atom is -0.396 e. The van der Waals surface area contributed by atoms with Crippen molar-refractivity contribution in [2.24, 2.45) is 0 Å². The Morgan fingerprint density at radius 2 is 2.09 bits per heavy atom. The van der Waals surface area contributed by atoms with E-state index in [0.717, 1.165) is 11.1 Å². The van der Waals surface area contributed by atoms with Crippen molar-refractivity contribution in [2.45, 2.75) is 26.4 Å². The minimum atomic E-state index is -0.568. The lowest BCUT2D eigenvalue weighted by Crippen LogP contribution is -2.03. The predicted octanol–water partition coefficient (Wildman–Crippen LogP) is 1.25. The number of aliphatic hydroxyl groups excluding tert-OH is 2. The summed E-state index contributed by atoms with van der Waals surface area (Å²) in [7, 11) is 0. The Labute approximate surface area is 67.9 Å². The van der Waals surface area contributed by atoms with Crippen LogP contribution in [0.1, 0.15) is 20.3 Å². The molecule has 0 amide bonds. The van der Waals surface area contributed by atoms with Gasteiger partial charge < -0.3 is 10.2 Å². The third kappa shape index (κ3) is 4.76. The Bertz CT molecular complexity index is 159. The summed E-state index contributed by atoms with van der Waals surface area (Å²) < 4.78 is 0. The van der Waals surface area contributed by atoms with Crippen LogP contribution in [0.4, 0.5) is 0 Å². The van der Waals surface area contributed by atoms with E-state index < -0.39 is 6.10 Å². The first-order valence-electron chi connectivity index (χ1n) is 3.69. The van der Waals surface area contributed by atoms with E-state index in [4.69, 9.17) is 5.11 Å². The second-order valence-electron chi connectivity index (χ2n) is 2.78. The second kappa shape index (κ2) is 5.10. The van der Waals surface area contributed by atoms with Crippen molar-refractivity contribution in [1.82, 2.24) is 0 Å². The van der Waals surface area contributed by atoms with E-state index >= 15 is 0 Å². The van der Waals surface area contributed by atoms with Crippen molar-refractivity contribution in [3.8, 4) is 0 Å². The van der Waals surface area contributed by atoms with Gasteiger partial charge in [0.05, 0.1) is 6.10 Å². The zero-order valence-corrected chi connectivity index (χ0v) is 7.17. The van der Waals surface area contributed by atoms with Crippen molar-refractivity contribution in [3.05, 3.63) is 23.8 Å². The summed E-state index contributed by atoms with van der Waals surface area (Å²) in [5, 5.41) is 17.8. The summed E-state index contributed by atoms with van der Waals surface area (Å²) in [6.07, 6.45) is 1.75. The van der Waals surface area contributed by atoms with Crippen LogP contribution in [0.25, 0.3) is 0 Å². The highest BCUT2D eigenvalue weighted by molar-refractivity contribution is 5.12. The van der Waals surface area contributed by atoms with E-state index in [9.17, 15) is 5.11 Å². The van der Waals surface area contributed by atoms with Gasteiger partial charge in [-0.05, 0) is 25.8 Å². The van der Waals surface area contributed by atoms with Crippen LogP contribution in [0.15, 0.2) is 23.8 Å². The summed E-state index contributed by atoms with van der Waals surface area (Å²) in [4.78, 5) is 0. The maximum absolute atomic E-state index is 9.27. The highest BCUT2D eigenvalue weighted by Crippen LogP contribution is 2.05. The average Bonchev–Trinajstić information content (AvgIpc) is 1.87. The molecule has 1 atom stereocenters. The molecule has 1 unspecified atom stereocenters. The molecule has 0 heterocycles. The van der Waals surface area contributed by atoms with Crippen molar-refractivity contribution >= 4 is 0 Å². The molecular formula is C9H16O2. The molecule has 0 bridgehead atoms. The summed E-state index contributed by atoms with van der Waals surface area (Å²) in [5.74, 6) is 0. The van der Waals surface area contributed by atoms with Crippen LogP contribution in [-0.2, 0) is 0 Å². The van der Waals surface area contributed by atoms with Gasteiger partial charge in [-0.15, -0.1) is 0 Å². The molecule has 2 heteroatoms. The molecule has 2 N–H and O–H groups in total. The minimum absolute atomic E-state index is 0.130. The highest BCUT2D eigenvalue weighted by atomic mass is 16.3. The van der Waals surface area contributed by atoms with Crippen LogP contribution in [0.5, 0.6) is 0 Å². The van der Waals surface area contributed by atoms with Gasteiger partial charge in [0.1, 0.15) is 0 Å². The summed E-state index contributed by atoms with van der Waals surface area (Å²) in [6, 6.07) is 0. The van der Waals surface area contributed by atoms with Crippen LogP contribution in [0.2, 0.25) is 0 Å². The van der Waals surface area contributed by atoms with Crippen LogP contribution < -0.4 is 0 Å². The molecule has 0 rings (SSSR count). The highest BCUT2D eigenvalue weighted by Gasteiger charge is 1.99. The molecule has 11 heavy (non-hydrogen) atoms. The normalized spacial score (nSPS) is 14.7. The van der Waals surface area contributed by atoms with Gasteiger partial charge in [-0.2, -0.15) is 0 Å². The van der Waals surface area contributed by atoms with E-state index in [0.29, 0.717) is 6.42 Å².